The van der Waals surface area contributed by atoms with Gasteiger partial charge >= 0.3 is 0 Å². The molecule has 0 aliphatic carbocycles. The Morgan fingerprint density at radius 3 is 3.00 bits per heavy atom. The minimum Gasteiger partial charge on any atom is -0.326 e. The summed E-state index contributed by atoms with van der Waals surface area (Å²) in [6.45, 7) is 0.479. The molecule has 3 aromatic heterocycles. The normalized spacial score (nSPS) is 11.1. The van der Waals surface area contributed by atoms with Gasteiger partial charge in [-0.2, -0.15) is 0 Å². The van der Waals surface area contributed by atoms with Gasteiger partial charge in [-0.05, 0) is 17.5 Å². The third kappa shape index (κ3) is 1.41. The number of hydrogen-bond donors (Lipinski definition) is 1. The highest BCUT2D eigenvalue weighted by Crippen LogP contribution is 2.22. The van der Waals surface area contributed by atoms with Gasteiger partial charge in [-0.1, -0.05) is 12.1 Å². The molecule has 0 bridgehead atoms. The molecular weight excluding hydrogens is 220 g/mol. The maximum Gasteiger partial charge on any atom is 0.192 e. The zero-order chi connectivity index (χ0) is 11.0. The van der Waals surface area contributed by atoms with E-state index >= 15 is 0 Å². The van der Waals surface area contributed by atoms with Gasteiger partial charge in [0.15, 0.2) is 11.5 Å². The molecule has 2 N–H and O–H groups in total. The van der Waals surface area contributed by atoms with Crippen molar-refractivity contribution in [3.05, 3.63) is 41.4 Å². The molecule has 0 saturated heterocycles. The van der Waals surface area contributed by atoms with Crippen molar-refractivity contribution >= 4 is 17.0 Å². The average molecular weight is 230 g/mol. The number of nitrogens with two attached hydrogens (primary N) is 1. The van der Waals surface area contributed by atoms with Crippen LogP contribution in [0.4, 0.5) is 0 Å². The fraction of sp³-hybridized carbons (Fsp3) is 0.0909. The molecule has 16 heavy (non-hydrogen) atoms. The van der Waals surface area contributed by atoms with E-state index in [0.717, 1.165) is 21.9 Å². The first-order valence-corrected chi connectivity index (χ1v) is 5.84. The number of rotatable bonds is 2. The molecule has 0 saturated carbocycles. The first-order valence-electron chi connectivity index (χ1n) is 4.96. The van der Waals surface area contributed by atoms with E-state index in [1.807, 2.05) is 35.8 Å². The molecular formula is C11H10N4S. The van der Waals surface area contributed by atoms with Gasteiger partial charge in [0.1, 0.15) is 0 Å². The van der Waals surface area contributed by atoms with Gasteiger partial charge in [0.2, 0.25) is 0 Å². The Kier molecular flexibility index (Phi) is 2.19. The van der Waals surface area contributed by atoms with Crippen molar-refractivity contribution in [3.8, 4) is 10.7 Å². The topological polar surface area (TPSA) is 56.2 Å². The summed E-state index contributed by atoms with van der Waals surface area (Å²) in [5.74, 6) is 0.760. The fourth-order valence-corrected chi connectivity index (χ4v) is 2.28. The van der Waals surface area contributed by atoms with Crippen LogP contribution in [0.15, 0.2) is 35.8 Å². The van der Waals surface area contributed by atoms with Crippen LogP contribution in [0.3, 0.4) is 0 Å². The predicted octanol–water partition coefficient (Wildman–Crippen LogP) is 1.92. The van der Waals surface area contributed by atoms with Gasteiger partial charge in [0, 0.05) is 18.3 Å². The van der Waals surface area contributed by atoms with E-state index in [4.69, 9.17) is 5.73 Å². The minimum absolute atomic E-state index is 0.479. The summed E-state index contributed by atoms with van der Waals surface area (Å²) in [6.07, 6.45) is 1.89. The van der Waals surface area contributed by atoms with Gasteiger partial charge in [-0.3, -0.25) is 0 Å². The van der Waals surface area contributed by atoms with Crippen LogP contribution in [0.1, 0.15) is 5.56 Å². The SMILES string of the molecule is NCc1cccn2nc(-c3cccs3)nc12. The highest BCUT2D eigenvalue weighted by Gasteiger charge is 2.08. The Bertz CT molecular complexity index is 612. The first-order chi connectivity index (χ1) is 7.88. The van der Waals surface area contributed by atoms with Gasteiger partial charge in [0.05, 0.1) is 4.88 Å². The molecule has 80 valence electrons. The molecule has 0 amide bonds. The second-order valence-electron chi connectivity index (χ2n) is 3.42. The van der Waals surface area contributed by atoms with Gasteiger partial charge in [-0.25, -0.2) is 9.50 Å². The maximum atomic E-state index is 5.67. The largest absolute Gasteiger partial charge is 0.326 e. The Balaban J connectivity index is 2.23. The Morgan fingerprint density at radius 2 is 2.25 bits per heavy atom. The van der Waals surface area contributed by atoms with Crippen molar-refractivity contribution in [2.24, 2.45) is 5.73 Å². The molecule has 3 aromatic rings. The van der Waals surface area contributed by atoms with E-state index < -0.39 is 0 Å². The van der Waals surface area contributed by atoms with Gasteiger partial charge in [-0.15, -0.1) is 16.4 Å². The summed E-state index contributed by atoms with van der Waals surface area (Å²) < 4.78 is 1.78. The number of pyridine rings is 1. The standard InChI is InChI=1S/C11H10N4S/c12-7-8-3-1-5-15-11(8)13-10(14-15)9-4-2-6-16-9/h1-6H,7,12H2. The molecule has 0 spiro atoms. The van der Waals surface area contributed by atoms with Crippen molar-refractivity contribution in [3.63, 3.8) is 0 Å². The zero-order valence-electron chi connectivity index (χ0n) is 8.50. The first kappa shape index (κ1) is 9.50. The lowest BCUT2D eigenvalue weighted by atomic mass is 10.3. The molecule has 0 unspecified atom stereocenters. The number of aromatic nitrogens is 3. The van der Waals surface area contributed by atoms with Crippen molar-refractivity contribution in [1.29, 1.82) is 0 Å². The molecule has 5 heteroatoms. The summed E-state index contributed by atoms with van der Waals surface area (Å²) >= 11 is 1.64. The summed E-state index contributed by atoms with van der Waals surface area (Å²) in [4.78, 5) is 5.58. The van der Waals surface area contributed by atoms with Crippen molar-refractivity contribution in [2.45, 2.75) is 6.54 Å². The van der Waals surface area contributed by atoms with Crippen molar-refractivity contribution < 1.29 is 0 Å². The molecule has 0 fully saturated rings. The Labute approximate surface area is 96.4 Å². The van der Waals surface area contributed by atoms with Crippen LogP contribution in [0.2, 0.25) is 0 Å². The average Bonchev–Trinajstić information content (AvgIpc) is 2.96. The monoisotopic (exact) mass is 230 g/mol. The molecule has 0 aliphatic heterocycles. The van der Waals surface area contributed by atoms with Crippen LogP contribution in [0, 0.1) is 0 Å². The van der Waals surface area contributed by atoms with E-state index in [-0.39, 0.29) is 0 Å². The van der Waals surface area contributed by atoms with Crippen molar-refractivity contribution in [1.82, 2.24) is 14.6 Å². The molecule has 3 heterocycles. The fourth-order valence-electron chi connectivity index (χ4n) is 1.63. The second kappa shape index (κ2) is 3.70. The summed E-state index contributed by atoms with van der Waals surface area (Å²) in [5, 5.41) is 6.44. The number of thiophene rings is 1. The van der Waals surface area contributed by atoms with Gasteiger partial charge in [0.25, 0.3) is 0 Å². The predicted molar refractivity (Wildman–Crippen MR) is 64.2 cm³/mol. The minimum atomic E-state index is 0.479. The van der Waals surface area contributed by atoms with Crippen LogP contribution in [0.25, 0.3) is 16.3 Å². The smallest absolute Gasteiger partial charge is 0.192 e. The zero-order valence-corrected chi connectivity index (χ0v) is 9.31. The number of hydrogen-bond acceptors (Lipinski definition) is 4. The molecule has 4 nitrogen and oxygen atoms in total. The highest BCUT2D eigenvalue weighted by molar-refractivity contribution is 7.13. The number of nitrogens with zero attached hydrogens (tertiary/aromatic N) is 3. The third-order valence-electron chi connectivity index (χ3n) is 2.40. The molecule has 0 atom stereocenters. The third-order valence-corrected chi connectivity index (χ3v) is 3.27. The van der Waals surface area contributed by atoms with E-state index in [9.17, 15) is 0 Å². The second-order valence-corrected chi connectivity index (χ2v) is 4.37. The van der Waals surface area contributed by atoms with Crippen LogP contribution >= 0.6 is 11.3 Å². The summed E-state index contributed by atoms with van der Waals surface area (Å²) in [5.41, 5.74) is 7.52. The van der Waals surface area contributed by atoms with Crippen LogP contribution in [-0.2, 0) is 6.54 Å². The lowest BCUT2D eigenvalue weighted by Gasteiger charge is -1.96. The number of fused-ring (bicyclic) bond motifs is 1. The summed E-state index contributed by atoms with van der Waals surface area (Å²) in [6, 6.07) is 7.92. The lowest BCUT2D eigenvalue weighted by Crippen LogP contribution is -1.99. The highest BCUT2D eigenvalue weighted by atomic mass is 32.1. The van der Waals surface area contributed by atoms with Crippen LogP contribution in [0.5, 0.6) is 0 Å². The molecule has 0 aromatic carbocycles. The molecule has 0 radical (unpaired) electrons. The molecule has 3 rings (SSSR count). The van der Waals surface area contributed by atoms with E-state index in [1.165, 1.54) is 0 Å². The Morgan fingerprint density at radius 1 is 1.31 bits per heavy atom. The van der Waals surface area contributed by atoms with E-state index in [0.29, 0.717) is 6.54 Å². The Hall–Kier alpha value is -1.72. The quantitative estimate of drug-likeness (QED) is 0.731. The van der Waals surface area contributed by atoms with E-state index in [1.54, 1.807) is 15.9 Å². The molecule has 0 aliphatic rings. The van der Waals surface area contributed by atoms with Crippen molar-refractivity contribution in [2.75, 3.05) is 0 Å². The van der Waals surface area contributed by atoms with Crippen LogP contribution < -0.4 is 5.73 Å². The van der Waals surface area contributed by atoms with Gasteiger partial charge < -0.3 is 5.73 Å². The maximum absolute atomic E-state index is 5.67. The van der Waals surface area contributed by atoms with Crippen LogP contribution in [-0.4, -0.2) is 14.6 Å². The van der Waals surface area contributed by atoms with E-state index in [2.05, 4.69) is 10.1 Å². The summed E-state index contributed by atoms with van der Waals surface area (Å²) in [7, 11) is 0. The lowest BCUT2D eigenvalue weighted by molar-refractivity contribution is 0.945.